The first kappa shape index (κ1) is 11.7. The fourth-order valence-electron chi connectivity index (χ4n) is 0.570. The van der Waals surface area contributed by atoms with Crippen LogP contribution in [0.4, 0.5) is 0 Å². The van der Waals surface area contributed by atoms with Gasteiger partial charge in [-0.2, -0.15) is 0 Å². The molecule has 0 bridgehead atoms. The van der Waals surface area contributed by atoms with Gasteiger partial charge in [-0.15, -0.1) is 11.6 Å². The predicted octanol–water partition coefficient (Wildman–Crippen LogP) is 1.45. The molecule has 0 aromatic rings. The van der Waals surface area contributed by atoms with Crippen LogP contribution in [0.1, 0.15) is 27.2 Å². The summed E-state index contributed by atoms with van der Waals surface area (Å²) in [5.41, 5.74) is 4.96. The van der Waals surface area contributed by atoms with Gasteiger partial charge in [-0.25, -0.2) is 0 Å². The van der Waals surface area contributed by atoms with Crippen molar-refractivity contribution in [2.45, 2.75) is 38.8 Å². The fraction of sp³-hybridized carbons (Fsp3) is 0.750. The lowest BCUT2D eigenvalue weighted by Gasteiger charge is -2.21. The maximum Gasteiger partial charge on any atom is 0.323 e. The molecule has 0 saturated carbocycles. The zero-order valence-corrected chi connectivity index (χ0v) is 8.39. The maximum atomic E-state index is 11.1. The molecule has 2 N–H and O–H groups in total. The SMILES string of the molecule is CC(C)(C)OC(=O)[C@@H](N)C[CH]Cl. The molecule has 0 fully saturated rings. The normalized spacial score (nSPS) is 14.1. The molecule has 0 amide bonds. The van der Waals surface area contributed by atoms with Gasteiger partial charge in [0.1, 0.15) is 11.6 Å². The van der Waals surface area contributed by atoms with E-state index in [0.29, 0.717) is 6.42 Å². The molecule has 0 aliphatic carbocycles. The van der Waals surface area contributed by atoms with Crippen LogP contribution >= 0.6 is 11.6 Å². The van der Waals surface area contributed by atoms with Gasteiger partial charge in [-0.05, 0) is 27.2 Å². The highest BCUT2D eigenvalue weighted by Crippen LogP contribution is 2.09. The Kier molecular flexibility index (Phi) is 4.57. The van der Waals surface area contributed by atoms with Crippen molar-refractivity contribution in [2.24, 2.45) is 5.73 Å². The molecule has 71 valence electrons. The predicted molar refractivity (Wildman–Crippen MR) is 48.6 cm³/mol. The number of esters is 1. The first-order valence-corrected chi connectivity index (χ1v) is 4.21. The Labute approximate surface area is 78.2 Å². The number of ether oxygens (including phenoxy) is 1. The molecule has 0 aromatic heterocycles. The molecular formula is C8H15ClNO2. The molecule has 0 aromatic carbocycles. The van der Waals surface area contributed by atoms with Crippen molar-refractivity contribution in [3.63, 3.8) is 0 Å². The highest BCUT2D eigenvalue weighted by molar-refractivity contribution is 6.23. The van der Waals surface area contributed by atoms with Crippen molar-refractivity contribution in [3.05, 3.63) is 5.88 Å². The minimum Gasteiger partial charge on any atom is -0.459 e. The minimum atomic E-state index is -0.651. The zero-order chi connectivity index (χ0) is 9.78. The summed E-state index contributed by atoms with van der Waals surface area (Å²) in [5.74, 6) is 0.911. The van der Waals surface area contributed by atoms with Gasteiger partial charge in [0.25, 0.3) is 0 Å². The van der Waals surface area contributed by atoms with Crippen molar-refractivity contribution < 1.29 is 9.53 Å². The van der Waals surface area contributed by atoms with Crippen molar-refractivity contribution >= 4 is 17.6 Å². The first-order valence-electron chi connectivity index (χ1n) is 3.77. The molecular weight excluding hydrogens is 178 g/mol. The van der Waals surface area contributed by atoms with E-state index in [2.05, 4.69) is 0 Å². The second kappa shape index (κ2) is 4.67. The number of carbonyl (C=O) groups excluding carboxylic acids is 1. The summed E-state index contributed by atoms with van der Waals surface area (Å²) in [7, 11) is 0. The highest BCUT2D eigenvalue weighted by Gasteiger charge is 2.21. The molecule has 0 aliphatic heterocycles. The number of hydrogen-bond donors (Lipinski definition) is 1. The number of rotatable bonds is 3. The van der Waals surface area contributed by atoms with E-state index >= 15 is 0 Å². The Morgan fingerprint density at radius 2 is 2.17 bits per heavy atom. The van der Waals surface area contributed by atoms with Crippen LogP contribution in [0.3, 0.4) is 0 Å². The standard InChI is InChI=1S/C8H15ClNO2/c1-8(2,3)12-7(11)6(10)4-5-9/h5-6H,4,10H2,1-3H3/t6-/m0/s1. The molecule has 0 spiro atoms. The van der Waals surface area contributed by atoms with Gasteiger partial charge < -0.3 is 10.5 Å². The lowest BCUT2D eigenvalue weighted by Crippen LogP contribution is -2.37. The van der Waals surface area contributed by atoms with Crippen LogP contribution in [-0.4, -0.2) is 17.6 Å². The number of hydrogen-bond acceptors (Lipinski definition) is 3. The molecule has 3 nitrogen and oxygen atoms in total. The molecule has 0 unspecified atom stereocenters. The van der Waals surface area contributed by atoms with Crippen molar-refractivity contribution in [3.8, 4) is 0 Å². The second-order valence-corrected chi connectivity index (χ2v) is 3.84. The monoisotopic (exact) mass is 192 g/mol. The molecule has 0 aliphatic rings. The van der Waals surface area contributed by atoms with Gasteiger partial charge in [-0.1, -0.05) is 0 Å². The summed E-state index contributed by atoms with van der Waals surface area (Å²) in [6.07, 6.45) is 0.330. The molecule has 0 rings (SSSR count). The van der Waals surface area contributed by atoms with E-state index in [4.69, 9.17) is 22.1 Å². The van der Waals surface area contributed by atoms with Crippen molar-refractivity contribution in [1.29, 1.82) is 0 Å². The molecule has 1 atom stereocenters. The lowest BCUT2D eigenvalue weighted by atomic mass is 10.2. The van der Waals surface area contributed by atoms with Gasteiger partial charge in [0.2, 0.25) is 0 Å². The van der Waals surface area contributed by atoms with Gasteiger partial charge in [0, 0.05) is 0 Å². The van der Waals surface area contributed by atoms with Crippen LogP contribution in [0.15, 0.2) is 0 Å². The van der Waals surface area contributed by atoms with E-state index in [1.54, 1.807) is 20.8 Å². The van der Waals surface area contributed by atoms with E-state index in [1.807, 2.05) is 0 Å². The van der Waals surface area contributed by atoms with Gasteiger partial charge >= 0.3 is 5.97 Å². The Hall–Kier alpha value is -0.280. The Balaban J connectivity index is 3.87. The third-order valence-electron chi connectivity index (χ3n) is 1.05. The third-order valence-corrected chi connectivity index (χ3v) is 1.23. The molecule has 12 heavy (non-hydrogen) atoms. The van der Waals surface area contributed by atoms with E-state index in [-0.39, 0.29) is 0 Å². The summed E-state index contributed by atoms with van der Waals surface area (Å²) < 4.78 is 5.01. The fourth-order valence-corrected chi connectivity index (χ4v) is 0.762. The average Bonchev–Trinajstić information content (AvgIpc) is 1.84. The topological polar surface area (TPSA) is 52.3 Å². The van der Waals surface area contributed by atoms with Crippen LogP contribution in [0.25, 0.3) is 0 Å². The third kappa shape index (κ3) is 5.38. The van der Waals surface area contributed by atoms with E-state index in [1.165, 1.54) is 5.88 Å². The van der Waals surface area contributed by atoms with Crippen molar-refractivity contribution in [1.82, 2.24) is 0 Å². The van der Waals surface area contributed by atoms with E-state index in [9.17, 15) is 4.79 Å². The number of halogens is 1. The van der Waals surface area contributed by atoms with Gasteiger partial charge in [0.05, 0.1) is 5.88 Å². The van der Waals surface area contributed by atoms with E-state index < -0.39 is 17.6 Å². The minimum absolute atomic E-state index is 0.330. The van der Waals surface area contributed by atoms with Crippen LogP contribution in [0.2, 0.25) is 0 Å². The summed E-state index contributed by atoms with van der Waals surface area (Å²) >= 11 is 5.30. The largest absolute Gasteiger partial charge is 0.459 e. The molecule has 4 heteroatoms. The van der Waals surface area contributed by atoms with Crippen LogP contribution < -0.4 is 5.73 Å². The van der Waals surface area contributed by atoms with Gasteiger partial charge in [-0.3, -0.25) is 4.79 Å². The number of carbonyl (C=O) groups is 1. The summed E-state index contributed by atoms with van der Waals surface area (Å²) in [6.45, 7) is 5.38. The molecule has 1 radical (unpaired) electrons. The summed E-state index contributed by atoms with van der Waals surface area (Å²) in [6, 6.07) is -0.651. The molecule has 0 saturated heterocycles. The lowest BCUT2D eigenvalue weighted by molar-refractivity contribution is -0.156. The first-order chi connectivity index (χ1) is 5.37. The van der Waals surface area contributed by atoms with Crippen molar-refractivity contribution in [2.75, 3.05) is 0 Å². The quantitative estimate of drug-likeness (QED) is 0.689. The second-order valence-electron chi connectivity index (χ2n) is 3.53. The highest BCUT2D eigenvalue weighted by atomic mass is 35.5. The van der Waals surface area contributed by atoms with E-state index in [0.717, 1.165) is 0 Å². The number of nitrogens with two attached hydrogens (primary N) is 1. The Morgan fingerprint density at radius 1 is 1.67 bits per heavy atom. The van der Waals surface area contributed by atoms with Gasteiger partial charge in [0.15, 0.2) is 0 Å². The smallest absolute Gasteiger partial charge is 0.323 e. The zero-order valence-electron chi connectivity index (χ0n) is 7.63. The average molecular weight is 193 g/mol. The Morgan fingerprint density at radius 3 is 2.50 bits per heavy atom. The van der Waals surface area contributed by atoms with Crippen LogP contribution in [-0.2, 0) is 9.53 Å². The summed E-state index contributed by atoms with van der Waals surface area (Å²) in [4.78, 5) is 11.1. The van der Waals surface area contributed by atoms with Crippen LogP contribution in [0, 0.1) is 5.88 Å². The Bertz CT molecular complexity index is 154. The summed E-state index contributed by atoms with van der Waals surface area (Å²) in [5, 5.41) is 0. The van der Waals surface area contributed by atoms with Crippen LogP contribution in [0.5, 0.6) is 0 Å². The molecule has 0 heterocycles. The maximum absolute atomic E-state index is 11.1.